The van der Waals surface area contributed by atoms with Crippen LogP contribution in [0.1, 0.15) is 38.5 Å². The van der Waals surface area contributed by atoms with Crippen molar-refractivity contribution in [3.63, 3.8) is 0 Å². The Labute approximate surface area is 61.2 Å². The molecule has 0 unspecified atom stereocenters. The van der Waals surface area contributed by atoms with E-state index in [0.717, 1.165) is 0 Å². The largest absolute Gasteiger partial charge is 0.393 e. The fourth-order valence-electron chi connectivity index (χ4n) is 1.05. The van der Waals surface area contributed by atoms with Gasteiger partial charge in [0, 0.05) is 0 Å². The minimum atomic E-state index is 0.466. The Morgan fingerprint density at radius 1 is 1.20 bits per heavy atom. The van der Waals surface area contributed by atoms with Gasteiger partial charge in [-0.2, -0.15) is 0 Å². The molecular formula is C8H13NO. The van der Waals surface area contributed by atoms with Crippen molar-refractivity contribution in [3.05, 3.63) is 0 Å². The molecule has 2 fully saturated rings. The molecule has 10 heavy (non-hydrogen) atoms. The Bertz CT molecular complexity index is 143. The summed E-state index contributed by atoms with van der Waals surface area (Å²) >= 11 is 0. The van der Waals surface area contributed by atoms with E-state index in [2.05, 4.69) is 5.16 Å². The summed E-state index contributed by atoms with van der Waals surface area (Å²) in [5.41, 5.74) is 1.27. The standard InChI is InChI=1S/C8H13NO/c1-3-7(4-1)9-10-8-5-2-6-8/h8H,1-6H2. The molecule has 0 amide bonds. The zero-order valence-electron chi connectivity index (χ0n) is 6.18. The quantitative estimate of drug-likeness (QED) is 0.537. The molecule has 2 saturated carbocycles. The topological polar surface area (TPSA) is 21.6 Å². The maximum atomic E-state index is 5.27. The molecule has 0 aromatic carbocycles. The lowest BCUT2D eigenvalue weighted by Gasteiger charge is -2.24. The summed E-state index contributed by atoms with van der Waals surface area (Å²) in [6.45, 7) is 0. The third-order valence-electron chi connectivity index (χ3n) is 2.31. The lowest BCUT2D eigenvalue weighted by molar-refractivity contribution is 0.00474. The van der Waals surface area contributed by atoms with Gasteiger partial charge in [0.1, 0.15) is 6.10 Å². The van der Waals surface area contributed by atoms with Gasteiger partial charge in [0.2, 0.25) is 0 Å². The van der Waals surface area contributed by atoms with Crippen LogP contribution in [0.4, 0.5) is 0 Å². The number of oxime groups is 1. The van der Waals surface area contributed by atoms with E-state index in [4.69, 9.17) is 4.84 Å². The number of nitrogens with zero attached hydrogens (tertiary/aromatic N) is 1. The van der Waals surface area contributed by atoms with Gasteiger partial charge in [0.05, 0.1) is 5.71 Å². The van der Waals surface area contributed by atoms with Crippen LogP contribution in [0.25, 0.3) is 0 Å². The van der Waals surface area contributed by atoms with Gasteiger partial charge in [-0.25, -0.2) is 0 Å². The van der Waals surface area contributed by atoms with Crippen molar-refractivity contribution in [2.45, 2.75) is 44.6 Å². The lowest BCUT2D eigenvalue weighted by atomic mass is 9.96. The molecular weight excluding hydrogens is 126 g/mol. The first-order chi connectivity index (χ1) is 4.95. The maximum Gasteiger partial charge on any atom is 0.127 e. The van der Waals surface area contributed by atoms with E-state index >= 15 is 0 Å². The first kappa shape index (κ1) is 6.20. The van der Waals surface area contributed by atoms with Crippen molar-refractivity contribution in [3.8, 4) is 0 Å². The fourth-order valence-corrected chi connectivity index (χ4v) is 1.05. The normalized spacial score (nSPS) is 25.0. The first-order valence-electron chi connectivity index (χ1n) is 4.17. The van der Waals surface area contributed by atoms with Crippen molar-refractivity contribution in [2.75, 3.05) is 0 Å². The van der Waals surface area contributed by atoms with E-state index in [9.17, 15) is 0 Å². The Hall–Kier alpha value is -0.530. The van der Waals surface area contributed by atoms with Gasteiger partial charge < -0.3 is 4.84 Å². The Kier molecular flexibility index (Phi) is 1.61. The predicted octanol–water partition coefficient (Wildman–Crippen LogP) is 2.10. The zero-order chi connectivity index (χ0) is 6.81. The number of hydrogen-bond acceptors (Lipinski definition) is 2. The van der Waals surface area contributed by atoms with Crippen LogP contribution in [0.3, 0.4) is 0 Å². The molecule has 56 valence electrons. The average molecular weight is 139 g/mol. The highest BCUT2D eigenvalue weighted by atomic mass is 16.6. The smallest absolute Gasteiger partial charge is 0.127 e. The van der Waals surface area contributed by atoms with Crippen LogP contribution in [0.5, 0.6) is 0 Å². The van der Waals surface area contributed by atoms with E-state index < -0.39 is 0 Å². The third-order valence-corrected chi connectivity index (χ3v) is 2.31. The molecule has 2 rings (SSSR count). The second kappa shape index (κ2) is 2.60. The summed E-state index contributed by atoms with van der Waals surface area (Å²) in [4.78, 5) is 5.27. The van der Waals surface area contributed by atoms with Crippen molar-refractivity contribution in [1.82, 2.24) is 0 Å². The van der Waals surface area contributed by atoms with E-state index in [-0.39, 0.29) is 0 Å². The average Bonchev–Trinajstić information content (AvgIpc) is 1.70. The van der Waals surface area contributed by atoms with E-state index in [1.807, 2.05) is 0 Å². The molecule has 0 aromatic rings. The molecule has 2 aliphatic carbocycles. The number of rotatable bonds is 2. The highest BCUT2D eigenvalue weighted by Crippen LogP contribution is 2.23. The molecule has 2 aliphatic rings. The van der Waals surface area contributed by atoms with Gasteiger partial charge in [-0.1, -0.05) is 5.16 Å². The second-order valence-electron chi connectivity index (χ2n) is 3.17. The highest BCUT2D eigenvalue weighted by molar-refractivity contribution is 5.88. The molecule has 0 saturated heterocycles. The van der Waals surface area contributed by atoms with E-state index in [1.54, 1.807) is 0 Å². The highest BCUT2D eigenvalue weighted by Gasteiger charge is 2.19. The maximum absolute atomic E-state index is 5.27. The molecule has 0 heterocycles. The van der Waals surface area contributed by atoms with Crippen LogP contribution >= 0.6 is 0 Å². The molecule has 2 heteroatoms. The van der Waals surface area contributed by atoms with E-state index in [0.29, 0.717) is 6.10 Å². The monoisotopic (exact) mass is 139 g/mol. The molecule has 0 N–H and O–H groups in total. The zero-order valence-corrected chi connectivity index (χ0v) is 6.18. The van der Waals surface area contributed by atoms with Crippen LogP contribution in [0, 0.1) is 0 Å². The summed E-state index contributed by atoms with van der Waals surface area (Å²) < 4.78 is 0. The van der Waals surface area contributed by atoms with E-state index in [1.165, 1.54) is 44.2 Å². The predicted molar refractivity (Wildman–Crippen MR) is 40.0 cm³/mol. The summed E-state index contributed by atoms with van der Waals surface area (Å²) in [5, 5.41) is 4.07. The van der Waals surface area contributed by atoms with Crippen LogP contribution in [0.15, 0.2) is 5.16 Å². The van der Waals surface area contributed by atoms with Crippen LogP contribution in [-0.2, 0) is 4.84 Å². The molecule has 2 nitrogen and oxygen atoms in total. The van der Waals surface area contributed by atoms with Gasteiger partial charge in [-0.3, -0.25) is 0 Å². The Morgan fingerprint density at radius 3 is 2.40 bits per heavy atom. The summed E-state index contributed by atoms with van der Waals surface area (Å²) in [7, 11) is 0. The molecule has 0 radical (unpaired) electrons. The number of hydrogen-bond donors (Lipinski definition) is 0. The second-order valence-corrected chi connectivity index (χ2v) is 3.17. The molecule has 0 bridgehead atoms. The first-order valence-corrected chi connectivity index (χ1v) is 4.17. The molecule has 0 aliphatic heterocycles. The van der Waals surface area contributed by atoms with Gasteiger partial charge >= 0.3 is 0 Å². The van der Waals surface area contributed by atoms with Crippen LogP contribution < -0.4 is 0 Å². The fraction of sp³-hybridized carbons (Fsp3) is 0.875. The van der Waals surface area contributed by atoms with Crippen LogP contribution in [-0.4, -0.2) is 11.8 Å². The summed E-state index contributed by atoms with van der Waals surface area (Å²) in [5.74, 6) is 0. The van der Waals surface area contributed by atoms with Crippen molar-refractivity contribution < 1.29 is 4.84 Å². The van der Waals surface area contributed by atoms with Gasteiger partial charge in [0.25, 0.3) is 0 Å². The lowest BCUT2D eigenvalue weighted by Crippen LogP contribution is -2.21. The van der Waals surface area contributed by atoms with Gasteiger partial charge in [-0.15, -0.1) is 0 Å². The Balaban J connectivity index is 1.69. The SMILES string of the molecule is C1CC(=NOC2CCC2)C1. The van der Waals surface area contributed by atoms with Crippen molar-refractivity contribution in [2.24, 2.45) is 5.16 Å². The third kappa shape index (κ3) is 1.15. The minimum Gasteiger partial charge on any atom is -0.393 e. The molecule has 0 aromatic heterocycles. The van der Waals surface area contributed by atoms with Crippen molar-refractivity contribution >= 4 is 5.71 Å². The molecule has 0 atom stereocenters. The summed E-state index contributed by atoms with van der Waals surface area (Å²) in [6, 6.07) is 0. The van der Waals surface area contributed by atoms with Gasteiger partial charge in [0.15, 0.2) is 0 Å². The summed E-state index contributed by atoms with van der Waals surface area (Å²) in [6.07, 6.45) is 7.89. The Morgan fingerprint density at radius 2 is 2.00 bits per heavy atom. The van der Waals surface area contributed by atoms with Crippen LogP contribution in [0.2, 0.25) is 0 Å². The molecule has 0 spiro atoms. The van der Waals surface area contributed by atoms with Crippen molar-refractivity contribution in [1.29, 1.82) is 0 Å². The van der Waals surface area contributed by atoms with Gasteiger partial charge in [-0.05, 0) is 38.5 Å². The minimum absolute atomic E-state index is 0.466.